The van der Waals surface area contributed by atoms with Gasteiger partial charge in [0, 0.05) is 28.7 Å². The van der Waals surface area contributed by atoms with Crippen LogP contribution in [0.5, 0.6) is 11.5 Å². The fourth-order valence-electron chi connectivity index (χ4n) is 3.56. The van der Waals surface area contributed by atoms with Crippen LogP contribution in [-0.2, 0) is 9.59 Å². The van der Waals surface area contributed by atoms with E-state index in [0.717, 1.165) is 34.3 Å². The van der Waals surface area contributed by atoms with Crippen LogP contribution in [0.25, 0.3) is 11.1 Å². The monoisotopic (exact) mass is 475 g/mol. The number of rotatable bonds is 8. The summed E-state index contributed by atoms with van der Waals surface area (Å²) in [4.78, 5) is 25.4. The average molecular weight is 476 g/mol. The molecule has 178 valence electrons. The Hall–Kier alpha value is -4.90. The van der Waals surface area contributed by atoms with Gasteiger partial charge in [0.05, 0.1) is 0 Å². The van der Waals surface area contributed by atoms with Gasteiger partial charge in [0.2, 0.25) is 0 Å². The van der Waals surface area contributed by atoms with E-state index in [2.05, 4.69) is 18.1 Å². The topological polar surface area (TPSA) is 55.8 Å². The summed E-state index contributed by atoms with van der Waals surface area (Å²) in [6.45, 7) is 8.64. The fourth-order valence-corrected chi connectivity index (χ4v) is 3.56. The molecule has 0 spiro atoms. The summed E-state index contributed by atoms with van der Waals surface area (Å²) < 4.78 is 10.5. The molecule has 0 heterocycles. The number of anilines is 3. The first-order valence-electron chi connectivity index (χ1n) is 11.3. The Balaban J connectivity index is 1.60. The van der Waals surface area contributed by atoms with Crippen LogP contribution < -0.4 is 14.4 Å². The van der Waals surface area contributed by atoms with E-state index in [1.165, 1.54) is 0 Å². The molecule has 0 N–H and O–H groups in total. The molecule has 0 amide bonds. The number of carbonyl (C=O) groups is 2. The molecule has 0 radical (unpaired) electrons. The van der Waals surface area contributed by atoms with Gasteiger partial charge in [-0.3, -0.25) is 0 Å². The Kier molecular flexibility index (Phi) is 7.42. The second kappa shape index (κ2) is 11.0. The largest absolute Gasteiger partial charge is 0.423 e. The van der Waals surface area contributed by atoms with Crippen LogP contribution in [0.3, 0.4) is 0 Å². The molecule has 5 nitrogen and oxygen atoms in total. The van der Waals surface area contributed by atoms with Crippen molar-refractivity contribution >= 4 is 29.0 Å². The lowest BCUT2D eigenvalue weighted by molar-refractivity contribution is -0.130. The standard InChI is InChI=1S/C31H25NO4/c1-4-30(33)35-28-20-16-27(17-21-28)32(25-8-6-5-7-9-25)26-14-10-23(11-15-26)24-12-18-29(19-13-24)36-31(34)22(2)3/h4-21H,1-2H2,3H3. The smallest absolute Gasteiger partial charge is 0.338 e. The third kappa shape index (κ3) is 5.77. The molecule has 0 aliphatic heterocycles. The number of hydrogen-bond donors (Lipinski definition) is 0. The van der Waals surface area contributed by atoms with Gasteiger partial charge < -0.3 is 14.4 Å². The van der Waals surface area contributed by atoms with E-state index in [4.69, 9.17) is 9.47 Å². The number of para-hydroxylation sites is 1. The van der Waals surface area contributed by atoms with Gasteiger partial charge in [0.25, 0.3) is 0 Å². The van der Waals surface area contributed by atoms with E-state index >= 15 is 0 Å². The van der Waals surface area contributed by atoms with Crippen LogP contribution in [0.2, 0.25) is 0 Å². The number of carbonyl (C=O) groups excluding carboxylic acids is 2. The van der Waals surface area contributed by atoms with Gasteiger partial charge in [0.1, 0.15) is 11.5 Å². The molecule has 36 heavy (non-hydrogen) atoms. The van der Waals surface area contributed by atoms with Gasteiger partial charge in [-0.1, -0.05) is 55.6 Å². The van der Waals surface area contributed by atoms with E-state index < -0.39 is 11.9 Å². The molecule has 4 rings (SSSR count). The Morgan fingerprint density at radius 2 is 1.11 bits per heavy atom. The van der Waals surface area contributed by atoms with Crippen molar-refractivity contribution in [2.75, 3.05) is 4.90 Å². The summed E-state index contributed by atoms with van der Waals surface area (Å²) >= 11 is 0. The molecule has 0 aliphatic carbocycles. The average Bonchev–Trinajstić information content (AvgIpc) is 2.91. The first-order valence-corrected chi connectivity index (χ1v) is 11.3. The zero-order valence-corrected chi connectivity index (χ0v) is 19.9. The van der Waals surface area contributed by atoms with Crippen molar-refractivity contribution < 1.29 is 19.1 Å². The Bertz CT molecular complexity index is 1370. The molecule has 0 atom stereocenters. The second-order valence-electron chi connectivity index (χ2n) is 8.03. The van der Waals surface area contributed by atoms with Crippen LogP contribution in [-0.4, -0.2) is 11.9 Å². The molecule has 5 heteroatoms. The van der Waals surface area contributed by atoms with Crippen molar-refractivity contribution in [3.8, 4) is 22.6 Å². The zero-order chi connectivity index (χ0) is 25.5. The van der Waals surface area contributed by atoms with Crippen LogP contribution in [0, 0.1) is 0 Å². The summed E-state index contributed by atoms with van der Waals surface area (Å²) in [5, 5.41) is 0. The maximum absolute atomic E-state index is 11.7. The molecule has 0 aliphatic rings. The third-order valence-corrected chi connectivity index (χ3v) is 5.37. The van der Waals surface area contributed by atoms with Crippen molar-refractivity contribution in [1.82, 2.24) is 0 Å². The molecular weight excluding hydrogens is 450 g/mol. The Morgan fingerprint density at radius 1 is 0.667 bits per heavy atom. The Morgan fingerprint density at radius 3 is 1.64 bits per heavy atom. The van der Waals surface area contributed by atoms with Crippen molar-refractivity contribution in [3.63, 3.8) is 0 Å². The normalized spacial score (nSPS) is 10.2. The molecule has 0 saturated heterocycles. The highest BCUT2D eigenvalue weighted by Crippen LogP contribution is 2.36. The van der Waals surface area contributed by atoms with Gasteiger partial charge in [-0.15, -0.1) is 0 Å². The Labute approximate surface area is 210 Å². The van der Waals surface area contributed by atoms with E-state index in [1.807, 2.05) is 78.9 Å². The second-order valence-corrected chi connectivity index (χ2v) is 8.03. The van der Waals surface area contributed by atoms with Gasteiger partial charge in [-0.2, -0.15) is 0 Å². The summed E-state index contributed by atoms with van der Waals surface area (Å²) in [6, 6.07) is 32.8. The number of hydrogen-bond acceptors (Lipinski definition) is 5. The quantitative estimate of drug-likeness (QED) is 0.151. The van der Waals surface area contributed by atoms with Gasteiger partial charge >= 0.3 is 11.9 Å². The van der Waals surface area contributed by atoms with Crippen LogP contribution in [0.1, 0.15) is 6.92 Å². The fraction of sp³-hybridized carbons (Fsp3) is 0.0323. The van der Waals surface area contributed by atoms with Crippen LogP contribution >= 0.6 is 0 Å². The minimum Gasteiger partial charge on any atom is -0.423 e. The van der Waals surface area contributed by atoms with Crippen LogP contribution in [0.4, 0.5) is 17.1 Å². The van der Waals surface area contributed by atoms with Crippen molar-refractivity contribution in [3.05, 3.63) is 128 Å². The molecule has 0 aromatic heterocycles. The molecule has 4 aromatic rings. The maximum atomic E-state index is 11.7. The first kappa shape index (κ1) is 24.2. The van der Waals surface area contributed by atoms with Crippen molar-refractivity contribution in [1.29, 1.82) is 0 Å². The summed E-state index contributed by atoms with van der Waals surface area (Å²) in [7, 11) is 0. The van der Waals surface area contributed by atoms with Gasteiger partial charge in [-0.05, 0) is 78.7 Å². The highest BCUT2D eigenvalue weighted by molar-refractivity contribution is 5.89. The molecule has 4 aromatic carbocycles. The number of benzene rings is 4. The highest BCUT2D eigenvalue weighted by atomic mass is 16.5. The number of esters is 2. The molecule has 0 bridgehead atoms. The third-order valence-electron chi connectivity index (χ3n) is 5.37. The predicted octanol–water partition coefficient (Wildman–Crippen LogP) is 7.40. The van der Waals surface area contributed by atoms with Crippen LogP contribution in [0.15, 0.2) is 128 Å². The van der Waals surface area contributed by atoms with Crippen molar-refractivity contribution in [2.45, 2.75) is 6.92 Å². The van der Waals surface area contributed by atoms with E-state index in [-0.39, 0.29) is 0 Å². The molecular formula is C31H25NO4. The van der Waals surface area contributed by atoms with E-state index in [1.54, 1.807) is 31.2 Å². The predicted molar refractivity (Wildman–Crippen MR) is 143 cm³/mol. The van der Waals surface area contributed by atoms with Crippen molar-refractivity contribution in [2.24, 2.45) is 0 Å². The lowest BCUT2D eigenvalue weighted by atomic mass is 10.0. The van der Waals surface area contributed by atoms with Gasteiger partial charge in [0.15, 0.2) is 0 Å². The summed E-state index contributed by atoms with van der Waals surface area (Å²) in [5.41, 5.74) is 5.24. The lowest BCUT2D eigenvalue weighted by Crippen LogP contribution is -2.10. The van der Waals surface area contributed by atoms with E-state index in [9.17, 15) is 9.59 Å². The lowest BCUT2D eigenvalue weighted by Gasteiger charge is -2.25. The minimum atomic E-state index is -0.500. The molecule has 0 unspecified atom stereocenters. The number of nitrogens with zero attached hydrogens (tertiary/aromatic N) is 1. The molecule has 0 saturated carbocycles. The van der Waals surface area contributed by atoms with E-state index in [0.29, 0.717) is 17.1 Å². The molecule has 0 fully saturated rings. The highest BCUT2D eigenvalue weighted by Gasteiger charge is 2.13. The first-order chi connectivity index (χ1) is 17.4. The summed E-state index contributed by atoms with van der Waals surface area (Å²) in [5.74, 6) is -0.0227. The summed E-state index contributed by atoms with van der Waals surface area (Å²) in [6.07, 6.45) is 1.13. The number of ether oxygens (including phenoxy) is 2. The van der Waals surface area contributed by atoms with Gasteiger partial charge in [-0.25, -0.2) is 9.59 Å². The maximum Gasteiger partial charge on any atom is 0.338 e. The zero-order valence-electron chi connectivity index (χ0n) is 19.9. The minimum absolute atomic E-state index is 0.352. The SMILES string of the molecule is C=CC(=O)Oc1ccc(N(c2ccccc2)c2ccc(-c3ccc(OC(=O)C(=C)C)cc3)cc2)cc1.